The number of carbonyl (C=O) groups excluding carboxylic acids is 1. The number of aromatic nitrogens is 1. The van der Waals surface area contributed by atoms with E-state index in [0.717, 1.165) is 22.2 Å². The van der Waals surface area contributed by atoms with Gasteiger partial charge in [-0.05, 0) is 32.9 Å². The number of hydrogen-bond acceptors (Lipinski definition) is 2. The first-order valence-corrected chi connectivity index (χ1v) is 7.93. The Hall–Kier alpha value is -2.29. The van der Waals surface area contributed by atoms with Crippen LogP contribution in [0.2, 0.25) is 0 Å². The fourth-order valence-electron chi connectivity index (χ4n) is 2.78. The molecule has 0 saturated carbocycles. The van der Waals surface area contributed by atoms with E-state index in [-0.39, 0.29) is 11.5 Å². The smallest absolute Gasteiger partial charge is 0.419 e. The molecule has 23 heavy (non-hydrogen) atoms. The zero-order valence-corrected chi connectivity index (χ0v) is 14.4. The topological polar surface area (TPSA) is 31.2 Å². The minimum absolute atomic E-state index is 0.0428. The summed E-state index contributed by atoms with van der Waals surface area (Å²) in [5.41, 5.74) is 2.24. The predicted octanol–water partition coefficient (Wildman–Crippen LogP) is 5.49. The van der Waals surface area contributed by atoms with Gasteiger partial charge in [-0.3, -0.25) is 0 Å². The van der Waals surface area contributed by atoms with Crippen molar-refractivity contribution in [2.45, 2.75) is 40.2 Å². The Labute approximate surface area is 137 Å². The van der Waals surface area contributed by atoms with Crippen LogP contribution in [-0.2, 0) is 4.74 Å². The van der Waals surface area contributed by atoms with Gasteiger partial charge in [0, 0.05) is 16.4 Å². The Balaban J connectivity index is 2.25. The third-order valence-corrected chi connectivity index (χ3v) is 3.88. The van der Waals surface area contributed by atoms with Crippen LogP contribution < -0.4 is 0 Å². The number of hydrogen-bond donors (Lipinski definition) is 0. The van der Waals surface area contributed by atoms with E-state index in [2.05, 4.69) is 32.1 Å². The van der Waals surface area contributed by atoms with Gasteiger partial charge in [-0.2, -0.15) is 0 Å². The molecule has 1 aliphatic carbocycles. The molecule has 0 aliphatic heterocycles. The van der Waals surface area contributed by atoms with Gasteiger partial charge in [0.1, 0.15) is 5.60 Å². The maximum atomic E-state index is 12.8. The number of para-hydroxylation sites is 1. The van der Waals surface area contributed by atoms with E-state index in [1.54, 1.807) is 4.57 Å². The van der Waals surface area contributed by atoms with Crippen LogP contribution in [0.4, 0.5) is 4.79 Å². The molecule has 3 rings (SSSR count). The molecule has 0 fully saturated rings. The third kappa shape index (κ3) is 2.96. The van der Waals surface area contributed by atoms with E-state index in [4.69, 9.17) is 4.74 Å². The largest absolute Gasteiger partial charge is 0.443 e. The van der Waals surface area contributed by atoms with E-state index in [1.165, 1.54) is 0 Å². The first kappa shape index (κ1) is 15.6. The van der Waals surface area contributed by atoms with Crippen molar-refractivity contribution in [2.24, 2.45) is 5.41 Å². The average molecular weight is 309 g/mol. The molecule has 0 saturated heterocycles. The van der Waals surface area contributed by atoms with Gasteiger partial charge in [0.25, 0.3) is 0 Å². The summed E-state index contributed by atoms with van der Waals surface area (Å²) in [6, 6.07) is 7.95. The van der Waals surface area contributed by atoms with Gasteiger partial charge in [0.15, 0.2) is 0 Å². The normalized spacial score (nSPS) is 16.2. The lowest BCUT2D eigenvalue weighted by atomic mass is 9.93. The van der Waals surface area contributed by atoms with Crippen LogP contribution in [-0.4, -0.2) is 16.3 Å². The Morgan fingerprint density at radius 3 is 2.43 bits per heavy atom. The average Bonchev–Trinajstić information content (AvgIpc) is 2.66. The van der Waals surface area contributed by atoms with Crippen LogP contribution in [0.1, 0.15) is 45.9 Å². The minimum Gasteiger partial charge on any atom is -0.443 e. The zero-order valence-electron chi connectivity index (χ0n) is 14.4. The van der Waals surface area contributed by atoms with Crippen molar-refractivity contribution in [2.75, 3.05) is 0 Å². The Morgan fingerprint density at radius 1 is 1.09 bits per heavy atom. The Morgan fingerprint density at radius 2 is 1.74 bits per heavy atom. The number of nitrogens with zero attached hydrogens (tertiary/aromatic N) is 1. The van der Waals surface area contributed by atoms with Crippen molar-refractivity contribution in [3.63, 3.8) is 0 Å². The molecule has 1 aromatic carbocycles. The molecule has 1 heterocycles. The lowest BCUT2D eigenvalue weighted by molar-refractivity contribution is 0.0543. The maximum Gasteiger partial charge on any atom is 0.419 e. The molecule has 0 amide bonds. The fourth-order valence-corrected chi connectivity index (χ4v) is 2.78. The van der Waals surface area contributed by atoms with Crippen LogP contribution in [0.3, 0.4) is 0 Å². The second-order valence-electron chi connectivity index (χ2n) is 7.62. The second kappa shape index (κ2) is 5.12. The van der Waals surface area contributed by atoms with E-state index >= 15 is 0 Å². The maximum absolute atomic E-state index is 12.8. The summed E-state index contributed by atoms with van der Waals surface area (Å²) in [7, 11) is 0. The highest BCUT2D eigenvalue weighted by Crippen LogP contribution is 2.34. The second-order valence-corrected chi connectivity index (χ2v) is 7.62. The molecule has 0 N–H and O–H groups in total. The quantitative estimate of drug-likeness (QED) is 0.644. The summed E-state index contributed by atoms with van der Waals surface area (Å²) in [6.07, 6.45) is 8.08. The van der Waals surface area contributed by atoms with Crippen LogP contribution in [0.25, 0.3) is 23.1 Å². The van der Waals surface area contributed by atoms with Crippen molar-refractivity contribution in [3.05, 3.63) is 47.7 Å². The van der Waals surface area contributed by atoms with Crippen molar-refractivity contribution in [3.8, 4) is 0 Å². The molecular formula is C20H23NO2. The van der Waals surface area contributed by atoms with Gasteiger partial charge in [0.2, 0.25) is 0 Å². The van der Waals surface area contributed by atoms with Crippen molar-refractivity contribution in [1.82, 2.24) is 4.57 Å². The van der Waals surface area contributed by atoms with Gasteiger partial charge in [-0.25, -0.2) is 9.36 Å². The summed E-state index contributed by atoms with van der Waals surface area (Å²) >= 11 is 0. The van der Waals surface area contributed by atoms with Crippen molar-refractivity contribution >= 4 is 29.1 Å². The number of benzene rings is 1. The summed E-state index contributed by atoms with van der Waals surface area (Å²) < 4.78 is 7.29. The molecule has 0 bridgehead atoms. The molecule has 0 spiro atoms. The SMILES string of the molecule is CC1(C)C=Cc2c(n(C(=O)OC(C)(C)C)c3ccccc23)C=C1. The minimum atomic E-state index is -0.529. The lowest BCUT2D eigenvalue weighted by Gasteiger charge is -2.20. The number of fused-ring (bicyclic) bond motifs is 3. The summed E-state index contributed by atoms with van der Waals surface area (Å²) in [5.74, 6) is 0. The highest BCUT2D eigenvalue weighted by atomic mass is 16.6. The molecule has 3 nitrogen and oxygen atoms in total. The van der Waals surface area contributed by atoms with E-state index in [1.807, 2.05) is 51.1 Å². The molecule has 2 aromatic rings. The van der Waals surface area contributed by atoms with Crippen LogP contribution >= 0.6 is 0 Å². The van der Waals surface area contributed by atoms with E-state index in [0.29, 0.717) is 0 Å². The lowest BCUT2D eigenvalue weighted by Crippen LogP contribution is -2.27. The molecule has 0 atom stereocenters. The molecule has 0 unspecified atom stereocenters. The van der Waals surface area contributed by atoms with Gasteiger partial charge < -0.3 is 4.74 Å². The van der Waals surface area contributed by atoms with Gasteiger partial charge in [-0.15, -0.1) is 0 Å². The molecule has 3 heteroatoms. The van der Waals surface area contributed by atoms with Crippen molar-refractivity contribution < 1.29 is 9.53 Å². The Kier molecular flexibility index (Phi) is 3.47. The molecular weight excluding hydrogens is 286 g/mol. The third-order valence-electron chi connectivity index (χ3n) is 3.88. The highest BCUT2D eigenvalue weighted by Gasteiger charge is 2.25. The van der Waals surface area contributed by atoms with E-state index < -0.39 is 5.60 Å². The van der Waals surface area contributed by atoms with Gasteiger partial charge in [-0.1, -0.05) is 50.3 Å². The molecule has 120 valence electrons. The summed E-state index contributed by atoms with van der Waals surface area (Å²) in [6.45, 7) is 9.94. The Bertz CT molecular complexity index is 829. The highest BCUT2D eigenvalue weighted by molar-refractivity contribution is 6.00. The monoisotopic (exact) mass is 309 g/mol. The molecule has 0 radical (unpaired) electrons. The first-order valence-electron chi connectivity index (χ1n) is 7.93. The molecule has 1 aliphatic rings. The predicted molar refractivity (Wildman–Crippen MR) is 95.4 cm³/mol. The first-order chi connectivity index (χ1) is 10.7. The molecule has 1 aromatic heterocycles. The van der Waals surface area contributed by atoms with Gasteiger partial charge in [0.05, 0.1) is 11.2 Å². The van der Waals surface area contributed by atoms with Crippen LogP contribution in [0.15, 0.2) is 36.4 Å². The summed E-state index contributed by atoms with van der Waals surface area (Å²) in [5, 5.41) is 1.06. The zero-order chi connectivity index (χ0) is 16.8. The number of carbonyl (C=O) groups is 1. The van der Waals surface area contributed by atoms with Crippen molar-refractivity contribution in [1.29, 1.82) is 0 Å². The fraction of sp³-hybridized carbons (Fsp3) is 0.350. The number of rotatable bonds is 0. The van der Waals surface area contributed by atoms with E-state index in [9.17, 15) is 4.79 Å². The van der Waals surface area contributed by atoms with Gasteiger partial charge >= 0.3 is 6.09 Å². The van der Waals surface area contributed by atoms with Crippen LogP contribution in [0.5, 0.6) is 0 Å². The summed E-state index contributed by atoms with van der Waals surface area (Å²) in [4.78, 5) is 12.8. The number of allylic oxidation sites excluding steroid dienone is 2. The standard InChI is InChI=1S/C20H23NO2/c1-19(2,3)23-18(22)21-16-9-7-6-8-14(16)15-10-12-20(4,5)13-11-17(15)21/h6-13H,1-5H3. The van der Waals surface area contributed by atoms with Crippen LogP contribution in [0, 0.1) is 5.41 Å². The number of ether oxygens (including phenoxy) is 1.